The quantitative estimate of drug-likeness (QED) is 0.912. The van der Waals surface area contributed by atoms with Crippen molar-refractivity contribution in [2.75, 3.05) is 20.1 Å². The monoisotopic (exact) mass is 261 g/mol. The van der Waals surface area contributed by atoms with Gasteiger partial charge in [0.05, 0.1) is 12.7 Å². The summed E-state index contributed by atoms with van der Waals surface area (Å²) in [4.78, 5) is 6.49. The highest BCUT2D eigenvalue weighted by atomic mass is 19.1. The number of nitrogens with one attached hydrogen (secondary N) is 1. The van der Waals surface area contributed by atoms with E-state index in [0.29, 0.717) is 24.2 Å². The minimum Gasteiger partial charge on any atom is -0.439 e. The van der Waals surface area contributed by atoms with Gasteiger partial charge >= 0.3 is 0 Å². The molecule has 0 aliphatic carbocycles. The molecule has 1 aromatic carbocycles. The lowest BCUT2D eigenvalue weighted by Gasteiger charge is -2.34. The highest BCUT2D eigenvalue weighted by molar-refractivity contribution is 5.55. The van der Waals surface area contributed by atoms with Crippen LogP contribution in [0.15, 0.2) is 34.9 Å². The fourth-order valence-electron chi connectivity index (χ4n) is 2.06. The fourth-order valence-corrected chi connectivity index (χ4v) is 2.06. The van der Waals surface area contributed by atoms with Crippen LogP contribution in [0.5, 0.6) is 0 Å². The van der Waals surface area contributed by atoms with Gasteiger partial charge in [-0.3, -0.25) is 4.90 Å². The Bertz CT molecular complexity index is 548. The molecule has 3 rings (SSSR count). The molecule has 1 aliphatic heterocycles. The molecular weight excluding hydrogens is 245 g/mol. The van der Waals surface area contributed by atoms with Crippen molar-refractivity contribution in [3.8, 4) is 11.3 Å². The smallest absolute Gasteiger partial charge is 0.209 e. The molecule has 2 aromatic rings. The molecule has 0 radical (unpaired) electrons. The average molecular weight is 261 g/mol. The summed E-state index contributed by atoms with van der Waals surface area (Å²) in [5.74, 6) is 1.12. The van der Waals surface area contributed by atoms with Gasteiger partial charge in [-0.15, -0.1) is 0 Å². The molecular formula is C14H16FN3O. The molecule has 1 N–H and O–H groups in total. The van der Waals surface area contributed by atoms with Crippen LogP contribution >= 0.6 is 0 Å². The van der Waals surface area contributed by atoms with Crippen molar-refractivity contribution in [1.29, 1.82) is 0 Å². The molecule has 0 bridgehead atoms. The first-order valence-corrected chi connectivity index (χ1v) is 6.34. The van der Waals surface area contributed by atoms with Gasteiger partial charge in [0, 0.05) is 24.7 Å². The van der Waals surface area contributed by atoms with Gasteiger partial charge < -0.3 is 9.73 Å². The van der Waals surface area contributed by atoms with Crippen LogP contribution in [0.2, 0.25) is 0 Å². The van der Waals surface area contributed by atoms with Crippen molar-refractivity contribution in [3.63, 3.8) is 0 Å². The SMILES string of the molecule is CN(Cc1ncc(-c2ccc(F)cc2)o1)C1CNC1. The van der Waals surface area contributed by atoms with Crippen LogP contribution in [0.25, 0.3) is 11.3 Å². The Hall–Kier alpha value is -1.72. The predicted octanol–water partition coefficient (Wildman–Crippen LogP) is 1.88. The van der Waals surface area contributed by atoms with Gasteiger partial charge in [-0.05, 0) is 31.3 Å². The number of likely N-dealkylation sites (N-methyl/N-ethyl adjacent to an activating group) is 1. The molecule has 19 heavy (non-hydrogen) atoms. The molecule has 0 atom stereocenters. The minimum atomic E-state index is -0.249. The molecule has 0 spiro atoms. The van der Waals surface area contributed by atoms with Gasteiger partial charge in [-0.2, -0.15) is 0 Å². The molecule has 0 amide bonds. The third-order valence-electron chi connectivity index (χ3n) is 3.45. The molecule has 100 valence electrons. The van der Waals surface area contributed by atoms with Gasteiger partial charge in [0.15, 0.2) is 5.76 Å². The van der Waals surface area contributed by atoms with E-state index < -0.39 is 0 Å². The van der Waals surface area contributed by atoms with Crippen molar-refractivity contribution in [2.24, 2.45) is 0 Å². The van der Waals surface area contributed by atoms with E-state index in [1.807, 2.05) is 0 Å². The van der Waals surface area contributed by atoms with Crippen molar-refractivity contribution < 1.29 is 8.81 Å². The number of benzene rings is 1. The van der Waals surface area contributed by atoms with E-state index in [2.05, 4.69) is 22.2 Å². The summed E-state index contributed by atoms with van der Waals surface area (Å²) in [6.07, 6.45) is 1.69. The number of halogens is 1. The van der Waals surface area contributed by atoms with Crippen molar-refractivity contribution >= 4 is 0 Å². The standard InChI is InChI=1S/C14H16FN3O/c1-18(12-6-16-7-12)9-14-17-8-13(19-14)10-2-4-11(15)5-3-10/h2-5,8,12,16H,6-7,9H2,1H3. The summed E-state index contributed by atoms with van der Waals surface area (Å²) >= 11 is 0. The average Bonchev–Trinajstić information content (AvgIpc) is 2.76. The third-order valence-corrected chi connectivity index (χ3v) is 3.45. The van der Waals surface area contributed by atoms with Gasteiger partial charge in [0.1, 0.15) is 5.82 Å². The van der Waals surface area contributed by atoms with E-state index >= 15 is 0 Å². The first-order valence-electron chi connectivity index (χ1n) is 6.34. The van der Waals surface area contributed by atoms with Crippen LogP contribution in [0.4, 0.5) is 4.39 Å². The van der Waals surface area contributed by atoms with Crippen LogP contribution in [0, 0.1) is 5.82 Å². The van der Waals surface area contributed by atoms with Gasteiger partial charge in [0.25, 0.3) is 0 Å². The Morgan fingerprint density at radius 2 is 2.11 bits per heavy atom. The fraction of sp³-hybridized carbons (Fsp3) is 0.357. The van der Waals surface area contributed by atoms with E-state index in [1.165, 1.54) is 12.1 Å². The zero-order valence-electron chi connectivity index (χ0n) is 10.8. The Balaban J connectivity index is 1.70. The molecule has 0 unspecified atom stereocenters. The molecule has 1 fully saturated rings. The number of hydrogen-bond acceptors (Lipinski definition) is 4. The van der Waals surface area contributed by atoms with E-state index in [1.54, 1.807) is 18.3 Å². The van der Waals surface area contributed by atoms with Gasteiger partial charge in [-0.25, -0.2) is 9.37 Å². The number of rotatable bonds is 4. The molecule has 0 saturated carbocycles. The maximum atomic E-state index is 12.9. The van der Waals surface area contributed by atoms with Crippen LogP contribution in [-0.4, -0.2) is 36.1 Å². The van der Waals surface area contributed by atoms with Crippen LogP contribution < -0.4 is 5.32 Å². The highest BCUT2D eigenvalue weighted by Crippen LogP contribution is 2.21. The molecule has 4 nitrogen and oxygen atoms in total. The summed E-state index contributed by atoms with van der Waals surface area (Å²) in [6.45, 7) is 2.72. The minimum absolute atomic E-state index is 0.249. The highest BCUT2D eigenvalue weighted by Gasteiger charge is 2.22. The Labute approximate surface area is 111 Å². The Kier molecular flexibility index (Phi) is 3.31. The summed E-state index contributed by atoms with van der Waals surface area (Å²) in [6, 6.07) is 6.78. The Morgan fingerprint density at radius 3 is 2.74 bits per heavy atom. The predicted molar refractivity (Wildman–Crippen MR) is 70.0 cm³/mol. The normalized spacial score (nSPS) is 15.7. The van der Waals surface area contributed by atoms with E-state index in [0.717, 1.165) is 18.7 Å². The molecule has 1 saturated heterocycles. The maximum Gasteiger partial charge on any atom is 0.209 e. The van der Waals surface area contributed by atoms with E-state index in [9.17, 15) is 4.39 Å². The van der Waals surface area contributed by atoms with Crippen LogP contribution in [0.1, 0.15) is 5.89 Å². The summed E-state index contributed by atoms with van der Waals surface area (Å²) in [5.41, 5.74) is 0.841. The van der Waals surface area contributed by atoms with Gasteiger partial charge in [0.2, 0.25) is 5.89 Å². The first kappa shape index (κ1) is 12.3. The zero-order chi connectivity index (χ0) is 13.2. The lowest BCUT2D eigenvalue weighted by molar-refractivity contribution is 0.160. The second-order valence-corrected chi connectivity index (χ2v) is 4.85. The summed E-state index contributed by atoms with van der Waals surface area (Å²) in [7, 11) is 2.06. The molecule has 1 aliphatic rings. The molecule has 1 aromatic heterocycles. The van der Waals surface area contributed by atoms with Crippen molar-refractivity contribution in [2.45, 2.75) is 12.6 Å². The van der Waals surface area contributed by atoms with E-state index in [4.69, 9.17) is 4.42 Å². The zero-order valence-corrected chi connectivity index (χ0v) is 10.8. The number of nitrogens with zero attached hydrogens (tertiary/aromatic N) is 2. The Morgan fingerprint density at radius 1 is 1.37 bits per heavy atom. The maximum absolute atomic E-state index is 12.9. The van der Waals surface area contributed by atoms with Crippen molar-refractivity contribution in [1.82, 2.24) is 15.2 Å². The lowest BCUT2D eigenvalue weighted by atomic mass is 10.1. The van der Waals surface area contributed by atoms with Crippen LogP contribution in [-0.2, 0) is 6.54 Å². The molecule has 5 heteroatoms. The lowest BCUT2D eigenvalue weighted by Crippen LogP contribution is -2.55. The van der Waals surface area contributed by atoms with Crippen molar-refractivity contribution in [3.05, 3.63) is 42.2 Å². The number of oxazole rings is 1. The largest absolute Gasteiger partial charge is 0.439 e. The van der Waals surface area contributed by atoms with Crippen LogP contribution in [0.3, 0.4) is 0 Å². The number of hydrogen-bond donors (Lipinski definition) is 1. The summed E-state index contributed by atoms with van der Waals surface area (Å²) in [5, 5.41) is 3.24. The number of aromatic nitrogens is 1. The topological polar surface area (TPSA) is 41.3 Å². The summed E-state index contributed by atoms with van der Waals surface area (Å²) < 4.78 is 18.6. The first-order chi connectivity index (χ1) is 9.22. The second kappa shape index (κ2) is 5.11. The third kappa shape index (κ3) is 2.67. The van der Waals surface area contributed by atoms with E-state index in [-0.39, 0.29) is 5.82 Å². The second-order valence-electron chi connectivity index (χ2n) is 4.85. The molecule has 2 heterocycles. The van der Waals surface area contributed by atoms with Gasteiger partial charge in [-0.1, -0.05) is 0 Å².